The van der Waals surface area contributed by atoms with E-state index in [1.54, 1.807) is 29.2 Å². The van der Waals surface area contributed by atoms with Crippen LogP contribution >= 0.6 is 11.6 Å². The summed E-state index contributed by atoms with van der Waals surface area (Å²) in [7, 11) is 0. The molecule has 3 N–H and O–H groups in total. The Morgan fingerprint density at radius 3 is 2.49 bits per heavy atom. The Labute approximate surface area is 257 Å². The van der Waals surface area contributed by atoms with Gasteiger partial charge >= 0.3 is 12.1 Å². The summed E-state index contributed by atoms with van der Waals surface area (Å²) in [5, 5.41) is 15.6. The van der Waals surface area contributed by atoms with Gasteiger partial charge in [0.2, 0.25) is 11.8 Å². The lowest BCUT2D eigenvalue weighted by molar-refractivity contribution is -0.143. The number of nitrogens with one attached hydrogen (secondary N) is 2. The van der Waals surface area contributed by atoms with Gasteiger partial charge in [-0.3, -0.25) is 9.59 Å². The van der Waals surface area contributed by atoms with Gasteiger partial charge in [-0.2, -0.15) is 0 Å². The van der Waals surface area contributed by atoms with Crippen LogP contribution in [-0.4, -0.2) is 65.7 Å². The highest BCUT2D eigenvalue weighted by molar-refractivity contribution is 6.30. The number of carboxylic acid groups (broad SMARTS) is 1. The normalized spacial score (nSPS) is 18.7. The molecule has 3 atom stereocenters. The molecule has 1 saturated heterocycles. The van der Waals surface area contributed by atoms with Crippen LogP contribution in [0, 0.1) is 5.92 Å². The largest absolute Gasteiger partial charge is 0.480 e. The molecule has 0 spiro atoms. The molecule has 43 heavy (non-hydrogen) atoms. The number of amides is 3. The van der Waals surface area contributed by atoms with E-state index in [1.165, 1.54) is 0 Å². The number of rotatable bonds is 12. The SMILES string of the molecule is O=C(N[C@@H](CC1CCCCC1)C(=O)N[C@@H](CCC(=O)N1CCOC(c2ccccc2)C1)C(=O)O)OCc1cccc(Cl)c1. The number of carbonyl (C=O) groups excluding carboxylic acids is 3. The Morgan fingerprint density at radius 1 is 1.00 bits per heavy atom. The first-order valence-electron chi connectivity index (χ1n) is 14.9. The Morgan fingerprint density at radius 2 is 1.77 bits per heavy atom. The minimum absolute atomic E-state index is 0.0311. The molecule has 2 aliphatic rings. The van der Waals surface area contributed by atoms with Gasteiger partial charge < -0.3 is 30.1 Å². The van der Waals surface area contributed by atoms with Gasteiger partial charge in [-0.05, 0) is 42.0 Å². The highest BCUT2D eigenvalue weighted by atomic mass is 35.5. The smallest absolute Gasteiger partial charge is 0.408 e. The number of hydrogen-bond donors (Lipinski definition) is 3. The molecule has 1 unspecified atom stereocenters. The molecule has 0 radical (unpaired) electrons. The molecule has 1 saturated carbocycles. The molecule has 1 heterocycles. The summed E-state index contributed by atoms with van der Waals surface area (Å²) in [6, 6.07) is 14.3. The van der Waals surface area contributed by atoms with Gasteiger partial charge in [-0.25, -0.2) is 9.59 Å². The molecule has 11 heteroatoms. The summed E-state index contributed by atoms with van der Waals surface area (Å²) in [6.07, 6.45) is 4.30. The zero-order valence-electron chi connectivity index (χ0n) is 24.2. The second kappa shape index (κ2) is 16.3. The van der Waals surface area contributed by atoms with Crippen LogP contribution in [0.15, 0.2) is 54.6 Å². The standard InChI is InChI=1S/C32H40ClN3O7/c33-25-13-7-10-23(18-25)21-43-32(41)35-27(19-22-8-3-1-4-9-22)30(38)34-26(31(39)40)14-15-29(37)36-16-17-42-28(20-36)24-11-5-2-6-12-24/h2,5-7,10-13,18,22,26-28H,1,3-4,8-9,14-17,19-21H2,(H,34,38)(H,35,41)(H,39,40)/t26-,27-,28?/m0/s1. The van der Waals surface area contributed by atoms with Gasteiger partial charge in [0.15, 0.2) is 0 Å². The van der Waals surface area contributed by atoms with Crippen molar-refractivity contribution >= 4 is 35.5 Å². The van der Waals surface area contributed by atoms with Crippen molar-refractivity contribution in [3.63, 3.8) is 0 Å². The lowest BCUT2D eigenvalue weighted by Crippen LogP contribution is -2.52. The first kappa shape index (κ1) is 32.3. The first-order valence-corrected chi connectivity index (χ1v) is 15.3. The van der Waals surface area contributed by atoms with Crippen LogP contribution in [0.1, 0.15) is 68.6 Å². The van der Waals surface area contributed by atoms with Crippen molar-refractivity contribution in [3.8, 4) is 0 Å². The fraction of sp³-hybridized carbons (Fsp3) is 0.500. The predicted molar refractivity (Wildman–Crippen MR) is 160 cm³/mol. The van der Waals surface area contributed by atoms with Crippen molar-refractivity contribution < 1.29 is 33.8 Å². The average molecular weight is 614 g/mol. The van der Waals surface area contributed by atoms with Crippen LogP contribution in [0.5, 0.6) is 0 Å². The molecule has 0 bridgehead atoms. The summed E-state index contributed by atoms with van der Waals surface area (Å²) < 4.78 is 11.2. The van der Waals surface area contributed by atoms with Gasteiger partial charge in [-0.1, -0.05) is 86.2 Å². The first-order chi connectivity index (χ1) is 20.8. The predicted octanol–water partition coefficient (Wildman–Crippen LogP) is 4.85. The van der Waals surface area contributed by atoms with E-state index in [0.717, 1.165) is 37.7 Å². The maximum atomic E-state index is 13.4. The maximum absolute atomic E-state index is 13.4. The van der Waals surface area contributed by atoms with Crippen LogP contribution in [-0.2, 0) is 30.5 Å². The molecule has 1 aliphatic carbocycles. The monoisotopic (exact) mass is 613 g/mol. The topological polar surface area (TPSA) is 134 Å². The third-order valence-electron chi connectivity index (χ3n) is 8.01. The number of hydrogen-bond acceptors (Lipinski definition) is 6. The van der Waals surface area contributed by atoms with E-state index in [4.69, 9.17) is 21.1 Å². The number of carboxylic acids is 1. The minimum Gasteiger partial charge on any atom is -0.480 e. The third-order valence-corrected chi connectivity index (χ3v) is 8.25. The molecule has 4 rings (SSSR count). The summed E-state index contributed by atoms with van der Waals surface area (Å²) in [5.41, 5.74) is 1.67. The number of nitrogens with zero attached hydrogens (tertiary/aromatic N) is 1. The maximum Gasteiger partial charge on any atom is 0.408 e. The Hall–Kier alpha value is -3.63. The highest BCUT2D eigenvalue weighted by Crippen LogP contribution is 2.28. The average Bonchev–Trinajstić information content (AvgIpc) is 3.02. The molecule has 0 aromatic heterocycles. The van der Waals surface area contributed by atoms with Crippen LogP contribution < -0.4 is 10.6 Å². The molecular weight excluding hydrogens is 574 g/mol. The number of benzene rings is 2. The Kier molecular flexibility index (Phi) is 12.2. The van der Waals surface area contributed by atoms with Crippen molar-refractivity contribution in [2.45, 2.75) is 76.2 Å². The minimum atomic E-state index is -1.29. The van der Waals surface area contributed by atoms with E-state index in [-0.39, 0.29) is 37.4 Å². The number of ether oxygens (including phenoxy) is 2. The Balaban J connectivity index is 1.33. The van der Waals surface area contributed by atoms with Crippen LogP contribution in [0.3, 0.4) is 0 Å². The van der Waals surface area contributed by atoms with Crippen molar-refractivity contribution in [1.29, 1.82) is 0 Å². The highest BCUT2D eigenvalue weighted by Gasteiger charge is 2.31. The quantitative estimate of drug-likeness (QED) is 0.311. The lowest BCUT2D eigenvalue weighted by Gasteiger charge is -2.33. The summed E-state index contributed by atoms with van der Waals surface area (Å²) >= 11 is 6.00. The van der Waals surface area contributed by atoms with Crippen LogP contribution in [0.4, 0.5) is 4.79 Å². The van der Waals surface area contributed by atoms with Gasteiger partial charge in [0, 0.05) is 18.0 Å². The molecule has 2 aromatic carbocycles. The van der Waals surface area contributed by atoms with E-state index in [1.807, 2.05) is 30.3 Å². The number of carbonyl (C=O) groups is 4. The van der Waals surface area contributed by atoms with Crippen LogP contribution in [0.25, 0.3) is 0 Å². The fourth-order valence-electron chi connectivity index (χ4n) is 5.65. The lowest BCUT2D eigenvalue weighted by atomic mass is 9.84. The van der Waals surface area contributed by atoms with Gasteiger partial charge in [0.05, 0.1) is 13.2 Å². The fourth-order valence-corrected chi connectivity index (χ4v) is 5.86. The Bertz CT molecular complexity index is 1240. The van der Waals surface area contributed by atoms with Gasteiger partial charge in [0.1, 0.15) is 24.8 Å². The van der Waals surface area contributed by atoms with Crippen molar-refractivity contribution in [2.24, 2.45) is 5.92 Å². The molecule has 2 aromatic rings. The van der Waals surface area contributed by atoms with E-state index in [0.29, 0.717) is 36.7 Å². The second-order valence-corrected chi connectivity index (χ2v) is 11.6. The third kappa shape index (κ3) is 10.2. The van der Waals surface area contributed by atoms with Gasteiger partial charge in [-0.15, -0.1) is 0 Å². The zero-order chi connectivity index (χ0) is 30.6. The van der Waals surface area contributed by atoms with E-state index < -0.39 is 30.1 Å². The van der Waals surface area contributed by atoms with Crippen molar-refractivity contribution in [3.05, 3.63) is 70.7 Å². The number of aliphatic carboxylic acids is 1. The zero-order valence-corrected chi connectivity index (χ0v) is 25.0. The molecule has 10 nitrogen and oxygen atoms in total. The summed E-state index contributed by atoms with van der Waals surface area (Å²) in [4.78, 5) is 52.8. The molecule has 232 valence electrons. The molecule has 1 aliphatic heterocycles. The number of halogens is 1. The molecule has 2 fully saturated rings. The van der Waals surface area contributed by atoms with E-state index in [2.05, 4.69) is 10.6 Å². The van der Waals surface area contributed by atoms with Crippen molar-refractivity contribution in [1.82, 2.24) is 15.5 Å². The van der Waals surface area contributed by atoms with E-state index in [9.17, 15) is 24.3 Å². The van der Waals surface area contributed by atoms with E-state index >= 15 is 0 Å². The second-order valence-electron chi connectivity index (χ2n) is 11.2. The summed E-state index contributed by atoms with van der Waals surface area (Å²) in [6.45, 7) is 1.14. The van der Waals surface area contributed by atoms with Gasteiger partial charge in [0.25, 0.3) is 0 Å². The number of alkyl carbamates (subject to hydrolysis) is 1. The molecule has 3 amide bonds. The molecular formula is C32H40ClN3O7. The summed E-state index contributed by atoms with van der Waals surface area (Å²) in [5.74, 6) is -1.83. The van der Waals surface area contributed by atoms with Crippen molar-refractivity contribution in [2.75, 3.05) is 19.7 Å². The van der Waals surface area contributed by atoms with Crippen LogP contribution in [0.2, 0.25) is 5.02 Å². The number of morpholine rings is 1.